The van der Waals surface area contributed by atoms with Crippen LogP contribution in [-0.4, -0.2) is 28.1 Å². The zero-order valence-electron chi connectivity index (χ0n) is 16.3. The number of amides is 2. The van der Waals surface area contributed by atoms with Crippen molar-refractivity contribution >= 4 is 29.1 Å². The van der Waals surface area contributed by atoms with Crippen molar-refractivity contribution in [3.63, 3.8) is 0 Å². The van der Waals surface area contributed by atoms with Gasteiger partial charge in [0.05, 0.1) is 5.69 Å². The minimum Gasteiger partial charge on any atom is -0.340 e. The molecule has 29 heavy (non-hydrogen) atoms. The molecule has 0 spiro atoms. The highest BCUT2D eigenvalue weighted by molar-refractivity contribution is 6.30. The average molecular weight is 411 g/mol. The van der Waals surface area contributed by atoms with Crippen LogP contribution >= 0.6 is 11.6 Å². The van der Waals surface area contributed by atoms with E-state index < -0.39 is 6.04 Å². The Morgan fingerprint density at radius 1 is 1.07 bits per heavy atom. The number of halogens is 1. The summed E-state index contributed by atoms with van der Waals surface area (Å²) in [5.41, 5.74) is 2.98. The first-order chi connectivity index (χ1) is 14.0. The van der Waals surface area contributed by atoms with Crippen LogP contribution in [0.3, 0.4) is 0 Å². The van der Waals surface area contributed by atoms with E-state index in [4.69, 9.17) is 11.6 Å². The first-order valence-electron chi connectivity index (χ1n) is 9.45. The predicted molar refractivity (Wildman–Crippen MR) is 115 cm³/mol. The monoisotopic (exact) mass is 410 g/mol. The quantitative estimate of drug-likeness (QED) is 0.535. The number of anilines is 1. The van der Waals surface area contributed by atoms with E-state index in [-0.39, 0.29) is 17.7 Å². The van der Waals surface area contributed by atoms with Crippen molar-refractivity contribution in [3.8, 4) is 11.3 Å². The number of carbonyl (C=O) groups excluding carboxylic acids is 2. The smallest absolute Gasteiger partial charge is 0.251 e. The topological polar surface area (TPSA) is 86.9 Å². The summed E-state index contributed by atoms with van der Waals surface area (Å²) < 4.78 is 0. The SMILES string of the molecule is CCC(C)C(NC(=O)c1ccc(Cl)cc1)C(=O)Nc1ccc(-c2ccn[nH]2)cc1. The fourth-order valence-corrected chi connectivity index (χ4v) is 3.02. The van der Waals surface area contributed by atoms with Crippen LogP contribution < -0.4 is 10.6 Å². The molecule has 1 heterocycles. The molecule has 0 bridgehead atoms. The summed E-state index contributed by atoms with van der Waals surface area (Å²) in [5, 5.41) is 13.1. The van der Waals surface area contributed by atoms with Gasteiger partial charge in [-0.25, -0.2) is 0 Å². The van der Waals surface area contributed by atoms with Crippen molar-refractivity contribution in [2.45, 2.75) is 26.3 Å². The van der Waals surface area contributed by atoms with Gasteiger partial charge in [0.2, 0.25) is 5.91 Å². The number of benzene rings is 2. The molecule has 2 amide bonds. The molecule has 0 saturated carbocycles. The normalized spacial score (nSPS) is 12.8. The molecule has 3 aromatic rings. The summed E-state index contributed by atoms with van der Waals surface area (Å²) in [6, 6.07) is 15.2. The van der Waals surface area contributed by atoms with E-state index in [0.29, 0.717) is 16.3 Å². The van der Waals surface area contributed by atoms with Gasteiger partial charge in [-0.2, -0.15) is 5.10 Å². The second-order valence-corrected chi connectivity index (χ2v) is 7.32. The van der Waals surface area contributed by atoms with Crippen molar-refractivity contribution < 1.29 is 9.59 Å². The van der Waals surface area contributed by atoms with E-state index in [2.05, 4.69) is 20.8 Å². The third-order valence-electron chi connectivity index (χ3n) is 4.85. The minimum absolute atomic E-state index is 0.0319. The number of hydrogen-bond donors (Lipinski definition) is 3. The van der Waals surface area contributed by atoms with Crippen LogP contribution in [0.1, 0.15) is 30.6 Å². The van der Waals surface area contributed by atoms with Gasteiger partial charge in [-0.3, -0.25) is 14.7 Å². The summed E-state index contributed by atoms with van der Waals surface area (Å²) in [6.07, 6.45) is 2.43. The predicted octanol–water partition coefficient (Wildman–Crippen LogP) is 4.51. The molecule has 3 N–H and O–H groups in total. The lowest BCUT2D eigenvalue weighted by atomic mass is 9.97. The van der Waals surface area contributed by atoms with E-state index >= 15 is 0 Å². The molecule has 1 aromatic heterocycles. The largest absolute Gasteiger partial charge is 0.340 e. The second kappa shape index (κ2) is 9.39. The van der Waals surface area contributed by atoms with Gasteiger partial charge >= 0.3 is 0 Å². The summed E-state index contributed by atoms with van der Waals surface area (Å²) in [4.78, 5) is 25.5. The van der Waals surface area contributed by atoms with Gasteiger partial charge in [0.25, 0.3) is 5.91 Å². The van der Waals surface area contributed by atoms with Gasteiger partial charge in [-0.1, -0.05) is 44.0 Å². The van der Waals surface area contributed by atoms with E-state index in [9.17, 15) is 9.59 Å². The van der Waals surface area contributed by atoms with E-state index in [1.54, 1.807) is 30.5 Å². The first-order valence-corrected chi connectivity index (χ1v) is 9.83. The molecule has 150 valence electrons. The van der Waals surface area contributed by atoms with Gasteiger partial charge < -0.3 is 10.6 Å². The van der Waals surface area contributed by atoms with Crippen LogP contribution in [0.25, 0.3) is 11.3 Å². The number of aromatic amines is 1. The Kier molecular flexibility index (Phi) is 6.67. The van der Waals surface area contributed by atoms with Crippen LogP contribution in [0.4, 0.5) is 5.69 Å². The summed E-state index contributed by atoms with van der Waals surface area (Å²) >= 11 is 5.88. The maximum atomic E-state index is 12.9. The van der Waals surface area contributed by atoms with Crippen molar-refractivity contribution in [3.05, 3.63) is 71.4 Å². The molecule has 6 nitrogen and oxygen atoms in total. The molecule has 0 aliphatic rings. The minimum atomic E-state index is -0.657. The number of H-pyrrole nitrogens is 1. The van der Waals surface area contributed by atoms with Gasteiger partial charge in [0, 0.05) is 22.5 Å². The third-order valence-corrected chi connectivity index (χ3v) is 5.10. The Labute approximate surface area is 174 Å². The van der Waals surface area contributed by atoms with E-state index in [1.165, 1.54) is 0 Å². The average Bonchev–Trinajstić information content (AvgIpc) is 3.27. The Morgan fingerprint density at radius 2 is 1.76 bits per heavy atom. The van der Waals surface area contributed by atoms with Gasteiger partial charge in [-0.05, 0) is 53.9 Å². The molecule has 7 heteroatoms. The number of nitrogens with zero attached hydrogens (tertiary/aromatic N) is 1. The molecule has 0 fully saturated rings. The van der Waals surface area contributed by atoms with Crippen LogP contribution in [0.2, 0.25) is 5.02 Å². The molecular weight excluding hydrogens is 388 g/mol. The maximum absolute atomic E-state index is 12.9. The fraction of sp³-hybridized carbons (Fsp3) is 0.227. The highest BCUT2D eigenvalue weighted by Gasteiger charge is 2.26. The van der Waals surface area contributed by atoms with Crippen molar-refractivity contribution in [1.29, 1.82) is 0 Å². The molecule has 0 aliphatic carbocycles. The van der Waals surface area contributed by atoms with Crippen LogP contribution in [-0.2, 0) is 4.79 Å². The zero-order valence-corrected chi connectivity index (χ0v) is 17.0. The summed E-state index contributed by atoms with van der Waals surface area (Å²) in [6.45, 7) is 3.92. The Bertz CT molecular complexity index is 953. The summed E-state index contributed by atoms with van der Waals surface area (Å²) in [5.74, 6) is -0.594. The molecule has 3 rings (SSSR count). The Hall–Kier alpha value is -3.12. The molecule has 0 aliphatic heterocycles. The van der Waals surface area contributed by atoms with Gasteiger partial charge in [-0.15, -0.1) is 0 Å². The molecular formula is C22H23ClN4O2. The maximum Gasteiger partial charge on any atom is 0.251 e. The number of aromatic nitrogens is 2. The zero-order chi connectivity index (χ0) is 20.8. The van der Waals surface area contributed by atoms with Crippen molar-refractivity contribution in [2.75, 3.05) is 5.32 Å². The van der Waals surface area contributed by atoms with E-state index in [0.717, 1.165) is 17.7 Å². The molecule has 2 unspecified atom stereocenters. The van der Waals surface area contributed by atoms with Gasteiger partial charge in [0.15, 0.2) is 0 Å². The van der Waals surface area contributed by atoms with Crippen LogP contribution in [0.5, 0.6) is 0 Å². The fourth-order valence-electron chi connectivity index (χ4n) is 2.90. The van der Waals surface area contributed by atoms with Crippen LogP contribution in [0.15, 0.2) is 60.8 Å². The van der Waals surface area contributed by atoms with Gasteiger partial charge in [0.1, 0.15) is 6.04 Å². The third kappa shape index (κ3) is 5.23. The number of nitrogens with one attached hydrogen (secondary N) is 3. The number of rotatable bonds is 7. The first kappa shape index (κ1) is 20.6. The van der Waals surface area contributed by atoms with Crippen molar-refractivity contribution in [1.82, 2.24) is 15.5 Å². The Morgan fingerprint density at radius 3 is 2.34 bits per heavy atom. The summed E-state index contributed by atoms with van der Waals surface area (Å²) in [7, 11) is 0. The second-order valence-electron chi connectivity index (χ2n) is 6.88. The lowest BCUT2D eigenvalue weighted by Gasteiger charge is -2.23. The van der Waals surface area contributed by atoms with Crippen molar-refractivity contribution in [2.24, 2.45) is 5.92 Å². The lowest BCUT2D eigenvalue weighted by Crippen LogP contribution is -2.47. The Balaban J connectivity index is 1.70. The molecule has 2 atom stereocenters. The highest BCUT2D eigenvalue weighted by atomic mass is 35.5. The standard InChI is InChI=1S/C22H23ClN4O2/c1-3-14(2)20(26-21(28)16-4-8-17(23)9-5-16)22(29)25-18-10-6-15(7-11-18)19-12-13-24-27-19/h4-14,20H,3H2,1-2H3,(H,24,27)(H,25,29)(H,26,28). The van der Waals surface area contributed by atoms with Crippen LogP contribution in [0, 0.1) is 5.92 Å². The number of carbonyl (C=O) groups is 2. The number of hydrogen-bond acceptors (Lipinski definition) is 3. The molecule has 0 radical (unpaired) electrons. The molecule has 0 saturated heterocycles. The molecule has 2 aromatic carbocycles. The van der Waals surface area contributed by atoms with E-state index in [1.807, 2.05) is 44.2 Å². The lowest BCUT2D eigenvalue weighted by molar-refractivity contribution is -0.119. The highest BCUT2D eigenvalue weighted by Crippen LogP contribution is 2.20.